The van der Waals surface area contributed by atoms with Crippen molar-refractivity contribution in [3.63, 3.8) is 0 Å². The topological polar surface area (TPSA) is 197 Å². The lowest BCUT2D eigenvalue weighted by atomic mass is 9.90. The summed E-state index contributed by atoms with van der Waals surface area (Å²) in [5.74, 6) is 1.27. The third kappa shape index (κ3) is 7.65. The van der Waals surface area contributed by atoms with Crippen LogP contribution in [0.15, 0.2) is 85.8 Å². The summed E-state index contributed by atoms with van der Waals surface area (Å²) in [7, 11) is 0. The lowest BCUT2D eigenvalue weighted by Crippen LogP contribution is -2.52. The Hall–Kier alpha value is -4.61. The van der Waals surface area contributed by atoms with E-state index >= 15 is 0 Å². The van der Waals surface area contributed by atoms with Crippen molar-refractivity contribution in [2.45, 2.75) is 36.9 Å². The first-order chi connectivity index (χ1) is 26.6. The highest BCUT2D eigenvalue weighted by Crippen LogP contribution is 2.48. The van der Waals surface area contributed by atoms with Crippen LogP contribution in [0.5, 0.6) is 0 Å². The number of nitrogens with two attached hydrogens (primary N) is 2. The first kappa shape index (κ1) is 38.7. The summed E-state index contributed by atoms with van der Waals surface area (Å²) >= 11 is 13.4. The molecule has 0 amide bonds. The fourth-order valence-electron chi connectivity index (χ4n) is 7.04. The molecule has 9 rings (SSSR count). The Morgan fingerprint density at radius 2 is 1.16 bits per heavy atom. The number of carbonyl (C=O) groups is 4. The summed E-state index contributed by atoms with van der Waals surface area (Å²) in [6.45, 7) is 3.22. The molecule has 5 heterocycles. The van der Waals surface area contributed by atoms with Gasteiger partial charge in [0.15, 0.2) is 0 Å². The Morgan fingerprint density at radius 1 is 0.691 bits per heavy atom. The molecule has 18 heteroatoms. The monoisotopic (exact) mass is 822 g/mol. The number of ketones is 4. The van der Waals surface area contributed by atoms with Crippen LogP contribution < -0.4 is 16.8 Å². The van der Waals surface area contributed by atoms with Gasteiger partial charge in [-0.05, 0) is 19.2 Å². The minimum absolute atomic E-state index is 0.168. The molecule has 5 N–H and O–H groups in total. The third-order valence-electron chi connectivity index (χ3n) is 10.1. The number of piperidine rings is 2. The number of Topliss-reactive ketones (excluding diaryl/α,β-unsaturated/α-hetero) is 4. The van der Waals surface area contributed by atoms with Gasteiger partial charge in [-0.25, -0.2) is 4.68 Å². The molecule has 55 heavy (non-hydrogen) atoms. The normalized spacial score (nSPS) is 21.2. The van der Waals surface area contributed by atoms with E-state index in [1.54, 1.807) is 42.7 Å². The van der Waals surface area contributed by atoms with Crippen molar-refractivity contribution in [2.24, 2.45) is 20.5 Å². The van der Waals surface area contributed by atoms with Crippen LogP contribution in [0.4, 0.5) is 0 Å². The number of fused-ring (bicyclic) bond motifs is 4. The zero-order valence-electron chi connectivity index (χ0n) is 29.3. The first-order valence-corrected chi connectivity index (χ1v) is 20.1. The van der Waals surface area contributed by atoms with Gasteiger partial charge in [0.25, 0.3) is 0 Å². The summed E-state index contributed by atoms with van der Waals surface area (Å²) in [4.78, 5) is 52.0. The van der Waals surface area contributed by atoms with Gasteiger partial charge in [-0.3, -0.25) is 19.2 Å². The van der Waals surface area contributed by atoms with Crippen LogP contribution in [0, 0.1) is 0 Å². The molecule has 0 saturated carbocycles. The van der Waals surface area contributed by atoms with Crippen LogP contribution >= 0.6 is 47.1 Å². The van der Waals surface area contributed by atoms with Gasteiger partial charge in [0.1, 0.15) is 32.5 Å². The molecule has 2 aromatic carbocycles. The number of halogens is 2. The number of aromatic nitrogens is 2. The number of rotatable bonds is 0. The number of carbonyl (C=O) groups excluding carboxylic acids is 4. The SMILES string of the molecule is NC(=NCl)N1CCC2(CC1)CSC1=C(O2)c2ccccc2C(=O)C1=O.NC(=NCl)n1cccn1.O=C1C(=O)c2ccccc2C2=C1SCC1(CCNCC1)O2. The lowest BCUT2D eigenvalue weighted by Gasteiger charge is -2.45. The first-order valence-electron chi connectivity index (χ1n) is 17.4. The van der Waals surface area contributed by atoms with Gasteiger partial charge in [-0.1, -0.05) is 48.5 Å². The van der Waals surface area contributed by atoms with E-state index in [4.69, 9.17) is 44.5 Å². The Labute approximate surface area is 335 Å². The van der Waals surface area contributed by atoms with Crippen LogP contribution in [-0.2, 0) is 19.1 Å². The Balaban J connectivity index is 0.000000140. The highest BCUT2D eigenvalue weighted by atomic mass is 35.5. The molecule has 3 aromatic rings. The number of thioether (sulfide) groups is 2. The molecule has 0 atom stereocenters. The predicted molar refractivity (Wildman–Crippen MR) is 213 cm³/mol. The van der Waals surface area contributed by atoms with E-state index in [2.05, 4.69) is 19.4 Å². The fraction of sp³-hybridized carbons (Fsp3) is 0.324. The summed E-state index contributed by atoms with van der Waals surface area (Å²) in [5, 5.41) is 7.10. The van der Waals surface area contributed by atoms with Gasteiger partial charge in [-0.15, -0.1) is 32.5 Å². The van der Waals surface area contributed by atoms with E-state index in [-0.39, 0.29) is 17.2 Å². The molecule has 0 radical (unpaired) electrons. The van der Waals surface area contributed by atoms with Crippen molar-refractivity contribution in [1.82, 2.24) is 20.0 Å². The second-order valence-corrected chi connectivity index (χ2v) is 15.8. The second kappa shape index (κ2) is 16.2. The highest BCUT2D eigenvalue weighted by Gasteiger charge is 2.47. The van der Waals surface area contributed by atoms with Gasteiger partial charge in [-0.2, -0.15) is 5.10 Å². The smallest absolute Gasteiger partial charge is 0.243 e. The number of nitrogens with zero attached hydrogens (tertiary/aromatic N) is 5. The van der Waals surface area contributed by atoms with Crippen molar-refractivity contribution < 1.29 is 28.7 Å². The quantitative estimate of drug-likeness (QED) is 0.164. The fourth-order valence-corrected chi connectivity index (χ4v) is 9.75. The maximum atomic E-state index is 12.4. The van der Waals surface area contributed by atoms with Gasteiger partial charge >= 0.3 is 0 Å². The van der Waals surface area contributed by atoms with Crippen LogP contribution in [0.3, 0.4) is 0 Å². The van der Waals surface area contributed by atoms with E-state index < -0.39 is 23.1 Å². The number of nitrogens with one attached hydrogen (secondary N) is 1. The van der Waals surface area contributed by atoms with Gasteiger partial charge in [0, 0.05) is 108 Å². The van der Waals surface area contributed by atoms with Gasteiger partial charge < -0.3 is 31.2 Å². The van der Waals surface area contributed by atoms with Crippen LogP contribution in [0.2, 0.25) is 0 Å². The van der Waals surface area contributed by atoms with Crippen LogP contribution in [0.25, 0.3) is 11.5 Å². The standard InChI is InChI=1S/C17H16ClN3O3S.C16H15NO3S.C4H5ClN4/c18-20-16(19)21-7-5-17(6-8-21)9-25-15-13(23)12(22)10-3-1-2-4-11(10)14(15)24-17;18-12-10-3-1-2-4-11(10)14-15(13(12)19)21-9-16(20-14)5-7-17-8-6-16;5-8-4(6)9-3-1-2-7-9/h1-4H,5-9H2,(H2,19,20);1-4,17H,5-9H2;1-3H,(H2,6,8). The van der Waals surface area contributed by atoms with E-state index in [1.165, 1.54) is 28.2 Å². The minimum atomic E-state index is -0.468. The average molecular weight is 824 g/mol. The van der Waals surface area contributed by atoms with Crippen molar-refractivity contribution in [3.8, 4) is 0 Å². The number of hydrogen-bond acceptors (Lipinski definition) is 12. The molecule has 14 nitrogen and oxygen atoms in total. The van der Waals surface area contributed by atoms with Gasteiger partial charge in [0.2, 0.25) is 35.1 Å². The summed E-state index contributed by atoms with van der Waals surface area (Å²) in [6, 6.07) is 16.1. The molecule has 2 spiro atoms. The summed E-state index contributed by atoms with van der Waals surface area (Å²) < 4.78 is 20.8. The van der Waals surface area contributed by atoms with Crippen molar-refractivity contribution in [2.75, 3.05) is 37.7 Å². The Bertz CT molecular complexity index is 2160. The van der Waals surface area contributed by atoms with Crippen LogP contribution in [0.1, 0.15) is 57.5 Å². The summed E-state index contributed by atoms with van der Waals surface area (Å²) in [5.41, 5.74) is 12.8. The molecule has 286 valence electrons. The molecular weight excluding hydrogens is 787 g/mol. The molecule has 1 aromatic heterocycles. The van der Waals surface area contributed by atoms with Crippen molar-refractivity contribution >= 4 is 93.6 Å². The minimum Gasteiger partial charge on any atom is -0.484 e. The van der Waals surface area contributed by atoms with Crippen molar-refractivity contribution in [3.05, 3.63) is 99.1 Å². The molecule has 0 bridgehead atoms. The number of guanidine groups is 1. The number of likely N-dealkylation sites (tertiary alicyclic amines) is 1. The zero-order valence-corrected chi connectivity index (χ0v) is 32.5. The predicted octanol–water partition coefficient (Wildman–Crippen LogP) is 4.39. The summed E-state index contributed by atoms with van der Waals surface area (Å²) in [6.07, 6.45) is 6.60. The van der Waals surface area contributed by atoms with E-state index in [1.807, 2.05) is 29.2 Å². The molecule has 2 fully saturated rings. The third-order valence-corrected chi connectivity index (χ3v) is 13.1. The Kier molecular flexibility index (Phi) is 11.4. The Morgan fingerprint density at radius 3 is 1.62 bits per heavy atom. The average Bonchev–Trinajstić information content (AvgIpc) is 3.78. The largest absolute Gasteiger partial charge is 0.484 e. The van der Waals surface area contributed by atoms with Gasteiger partial charge in [0.05, 0.1) is 0 Å². The molecule has 2 aliphatic carbocycles. The van der Waals surface area contributed by atoms with Crippen molar-refractivity contribution in [1.29, 1.82) is 0 Å². The lowest BCUT2D eigenvalue weighted by molar-refractivity contribution is -0.112. The number of allylic oxidation sites excluding steroid dienone is 2. The van der Waals surface area contributed by atoms with E-state index in [0.717, 1.165) is 50.1 Å². The number of ether oxygens (including phenoxy) is 2. The molecule has 2 saturated heterocycles. The number of hydrogen-bond donors (Lipinski definition) is 3. The molecule has 4 aliphatic heterocycles. The highest BCUT2D eigenvalue weighted by molar-refractivity contribution is 8.04. The number of benzene rings is 2. The molecular formula is C37H36Cl2N8O6S2. The molecule has 0 unspecified atom stereocenters. The van der Waals surface area contributed by atoms with E-state index in [0.29, 0.717) is 62.8 Å². The van der Waals surface area contributed by atoms with Crippen LogP contribution in [-0.4, -0.2) is 98.6 Å². The molecule has 6 aliphatic rings. The zero-order chi connectivity index (χ0) is 38.7. The second-order valence-electron chi connectivity index (χ2n) is 13.4. The van der Waals surface area contributed by atoms with E-state index in [9.17, 15) is 19.2 Å². The maximum absolute atomic E-state index is 12.4. The maximum Gasteiger partial charge on any atom is 0.243 e.